The van der Waals surface area contributed by atoms with Gasteiger partial charge in [-0.2, -0.15) is 4.99 Å². The molecule has 17 heavy (non-hydrogen) atoms. The topological polar surface area (TPSA) is 86.6 Å². The normalized spacial score (nSPS) is 14.3. The molecule has 8 heteroatoms. The van der Waals surface area contributed by atoms with Crippen molar-refractivity contribution in [2.24, 2.45) is 4.99 Å². The van der Waals surface area contributed by atoms with Crippen LogP contribution in [0.15, 0.2) is 4.99 Å². The van der Waals surface area contributed by atoms with Gasteiger partial charge in [-0.25, -0.2) is 9.78 Å². The number of aliphatic imine (C=N–C) groups is 1. The molecule has 3 N–H and O–H groups in total. The van der Waals surface area contributed by atoms with E-state index in [4.69, 9.17) is 5.11 Å². The van der Waals surface area contributed by atoms with Gasteiger partial charge in [0, 0.05) is 13.1 Å². The lowest BCUT2D eigenvalue weighted by atomic mass is 10.4. The van der Waals surface area contributed by atoms with Gasteiger partial charge in [-0.3, -0.25) is 0 Å². The number of carbonyl (C=O) groups is 1. The molecule has 0 aliphatic carbocycles. The first kappa shape index (κ1) is 13.7. The second kappa shape index (κ2) is 5.83. The molecule has 0 atom stereocenters. The number of guanidine groups is 1. The van der Waals surface area contributed by atoms with Crippen molar-refractivity contribution >= 4 is 40.8 Å². The zero-order valence-corrected chi connectivity index (χ0v) is 10.8. The van der Waals surface area contributed by atoms with Crippen LogP contribution in [0.2, 0.25) is 0 Å². The predicted octanol–water partition coefficient (Wildman–Crippen LogP) is 1.14. The van der Waals surface area contributed by atoms with Crippen LogP contribution in [-0.4, -0.2) is 35.1 Å². The van der Waals surface area contributed by atoms with E-state index >= 15 is 0 Å². The first-order chi connectivity index (χ1) is 7.66. The maximum absolute atomic E-state index is 10.8. The van der Waals surface area contributed by atoms with Gasteiger partial charge in [-0.15, -0.1) is 12.4 Å². The Morgan fingerprint density at radius 3 is 2.65 bits per heavy atom. The Hall–Kier alpha value is -1.34. The van der Waals surface area contributed by atoms with Gasteiger partial charge in [0.2, 0.25) is 5.13 Å². The third-order valence-corrected chi connectivity index (χ3v) is 3.16. The first-order valence-electron chi connectivity index (χ1n) is 4.94. The molecule has 94 valence electrons. The zero-order chi connectivity index (χ0) is 11.5. The molecule has 1 saturated heterocycles. The Labute approximate surface area is 109 Å². The van der Waals surface area contributed by atoms with Crippen LogP contribution in [0.1, 0.15) is 21.8 Å². The van der Waals surface area contributed by atoms with Crippen LogP contribution in [-0.2, 0) is 0 Å². The fraction of sp³-hybridized carbons (Fsp3) is 0.444. The second-order valence-electron chi connectivity index (χ2n) is 3.38. The maximum atomic E-state index is 10.8. The summed E-state index contributed by atoms with van der Waals surface area (Å²) in [7, 11) is 0. The van der Waals surface area contributed by atoms with Crippen LogP contribution in [0.3, 0.4) is 0 Å². The quantitative estimate of drug-likeness (QED) is 0.754. The van der Waals surface area contributed by atoms with Crippen LogP contribution in [0, 0.1) is 6.92 Å². The smallest absolute Gasteiger partial charge is 0.347 e. The first-order valence-corrected chi connectivity index (χ1v) is 5.75. The number of aryl methyl sites for hydroxylation is 1. The number of rotatable bonds is 2. The Kier molecular flexibility index (Phi) is 4.71. The summed E-state index contributed by atoms with van der Waals surface area (Å²) >= 11 is 1.08. The Morgan fingerprint density at radius 2 is 2.12 bits per heavy atom. The number of aromatic carboxylic acids is 1. The third-order valence-electron chi connectivity index (χ3n) is 2.13. The molecule has 0 radical (unpaired) electrons. The number of nitrogens with one attached hydrogen (secondary N) is 2. The molecular weight excluding hydrogens is 264 g/mol. The molecule has 0 saturated carbocycles. The minimum Gasteiger partial charge on any atom is -0.477 e. The minimum atomic E-state index is -0.953. The van der Waals surface area contributed by atoms with Crippen LogP contribution in [0.4, 0.5) is 5.13 Å². The van der Waals surface area contributed by atoms with Crippen LogP contribution >= 0.6 is 23.7 Å². The number of aromatic nitrogens is 1. The molecule has 2 heterocycles. The molecule has 1 fully saturated rings. The van der Waals surface area contributed by atoms with Gasteiger partial charge in [-0.1, -0.05) is 11.3 Å². The third kappa shape index (κ3) is 3.31. The van der Waals surface area contributed by atoms with Crippen LogP contribution in [0.5, 0.6) is 0 Å². The van der Waals surface area contributed by atoms with E-state index in [0.717, 1.165) is 30.8 Å². The van der Waals surface area contributed by atoms with E-state index in [1.54, 1.807) is 6.92 Å². The van der Waals surface area contributed by atoms with Crippen molar-refractivity contribution < 1.29 is 9.90 Å². The highest BCUT2D eigenvalue weighted by molar-refractivity contribution is 7.17. The number of hydrogen-bond donors (Lipinski definition) is 3. The lowest BCUT2D eigenvalue weighted by Gasteiger charge is -2.16. The lowest BCUT2D eigenvalue weighted by molar-refractivity contribution is 0.0701. The SMILES string of the molecule is Cc1nc(N=C2NCCCN2)sc1C(=O)O.Cl. The maximum Gasteiger partial charge on any atom is 0.347 e. The molecular formula is C9H13ClN4O2S. The number of hydrogen-bond acceptors (Lipinski definition) is 4. The van der Waals surface area contributed by atoms with Crippen LogP contribution in [0.25, 0.3) is 0 Å². The van der Waals surface area contributed by atoms with Crippen molar-refractivity contribution in [2.75, 3.05) is 13.1 Å². The van der Waals surface area contributed by atoms with E-state index < -0.39 is 5.97 Å². The largest absolute Gasteiger partial charge is 0.477 e. The summed E-state index contributed by atoms with van der Waals surface area (Å²) in [5, 5.41) is 15.5. The number of carboxylic acid groups (broad SMARTS) is 1. The van der Waals surface area contributed by atoms with E-state index in [0.29, 0.717) is 16.8 Å². The van der Waals surface area contributed by atoms with Gasteiger partial charge in [0.1, 0.15) is 4.88 Å². The molecule has 1 aromatic heterocycles. The Balaban J connectivity index is 0.00000144. The summed E-state index contributed by atoms with van der Waals surface area (Å²) in [6.07, 6.45) is 1.05. The van der Waals surface area contributed by atoms with Crippen LogP contribution < -0.4 is 10.6 Å². The predicted molar refractivity (Wildman–Crippen MR) is 68.8 cm³/mol. The molecule has 0 amide bonds. The summed E-state index contributed by atoms with van der Waals surface area (Å²) in [6, 6.07) is 0. The minimum absolute atomic E-state index is 0. The molecule has 1 aromatic rings. The monoisotopic (exact) mass is 276 g/mol. The molecule has 1 aliphatic rings. The average molecular weight is 277 g/mol. The second-order valence-corrected chi connectivity index (χ2v) is 4.36. The number of carboxylic acids is 1. The fourth-order valence-electron chi connectivity index (χ4n) is 1.37. The van der Waals surface area contributed by atoms with Crippen molar-refractivity contribution in [3.63, 3.8) is 0 Å². The molecule has 0 bridgehead atoms. The van der Waals surface area contributed by atoms with E-state index in [1.165, 1.54) is 0 Å². The molecule has 1 aliphatic heterocycles. The molecule has 2 rings (SSSR count). The van der Waals surface area contributed by atoms with Gasteiger partial charge in [0.25, 0.3) is 0 Å². The molecule has 6 nitrogen and oxygen atoms in total. The van der Waals surface area contributed by atoms with Gasteiger partial charge < -0.3 is 15.7 Å². The van der Waals surface area contributed by atoms with E-state index in [9.17, 15) is 4.79 Å². The Bertz CT molecular complexity index is 438. The lowest BCUT2D eigenvalue weighted by Crippen LogP contribution is -2.43. The number of thiazole rings is 1. The van der Waals surface area contributed by atoms with Crippen molar-refractivity contribution in [1.82, 2.24) is 15.6 Å². The van der Waals surface area contributed by atoms with Crippen molar-refractivity contribution in [1.29, 1.82) is 0 Å². The molecule has 0 spiro atoms. The molecule has 0 unspecified atom stereocenters. The summed E-state index contributed by atoms with van der Waals surface area (Å²) < 4.78 is 0. The highest BCUT2D eigenvalue weighted by Crippen LogP contribution is 2.24. The average Bonchev–Trinajstić information content (AvgIpc) is 2.61. The standard InChI is InChI=1S/C9H12N4O2S.ClH/c1-5-6(7(14)15)16-9(12-5)13-8-10-3-2-4-11-8;/h2-4H2,1H3,(H,14,15)(H2,10,11,12,13);1H. The summed E-state index contributed by atoms with van der Waals surface area (Å²) in [5.74, 6) is -0.289. The fourth-order valence-corrected chi connectivity index (χ4v) is 2.15. The van der Waals surface area contributed by atoms with E-state index in [-0.39, 0.29) is 17.3 Å². The number of nitrogens with zero attached hydrogens (tertiary/aromatic N) is 2. The van der Waals surface area contributed by atoms with Crippen molar-refractivity contribution in [2.45, 2.75) is 13.3 Å². The summed E-state index contributed by atoms with van der Waals surface area (Å²) in [4.78, 5) is 19.4. The van der Waals surface area contributed by atoms with E-state index in [2.05, 4.69) is 20.6 Å². The summed E-state index contributed by atoms with van der Waals surface area (Å²) in [6.45, 7) is 3.43. The van der Waals surface area contributed by atoms with E-state index in [1.807, 2.05) is 0 Å². The molecule has 0 aromatic carbocycles. The highest BCUT2D eigenvalue weighted by Gasteiger charge is 2.14. The Morgan fingerprint density at radius 1 is 1.47 bits per heavy atom. The number of halogens is 1. The van der Waals surface area contributed by atoms with Gasteiger partial charge in [-0.05, 0) is 13.3 Å². The van der Waals surface area contributed by atoms with Crippen molar-refractivity contribution in [3.8, 4) is 0 Å². The van der Waals surface area contributed by atoms with Crippen molar-refractivity contribution in [3.05, 3.63) is 10.6 Å². The van der Waals surface area contributed by atoms with Gasteiger partial charge >= 0.3 is 5.97 Å². The van der Waals surface area contributed by atoms with Gasteiger partial charge in [0.05, 0.1) is 5.69 Å². The highest BCUT2D eigenvalue weighted by atomic mass is 35.5. The summed E-state index contributed by atoms with van der Waals surface area (Å²) in [5.41, 5.74) is 0.507. The van der Waals surface area contributed by atoms with Gasteiger partial charge in [0.15, 0.2) is 5.96 Å². The zero-order valence-electron chi connectivity index (χ0n) is 9.19.